The average molecular weight is 495 g/mol. The molecule has 0 N–H and O–H groups in total. The molecule has 1 saturated carbocycles. The van der Waals surface area contributed by atoms with E-state index in [0.29, 0.717) is 29.6 Å². The number of benzene rings is 6. The highest BCUT2D eigenvalue weighted by molar-refractivity contribution is 6.59. The average Bonchev–Trinajstić information content (AvgIpc) is 3.79. The van der Waals surface area contributed by atoms with E-state index in [1.165, 1.54) is 32.5 Å². The lowest BCUT2D eigenvalue weighted by atomic mass is 9.68. The maximum atomic E-state index is 4.01. The minimum atomic E-state index is 0.458. The fraction of sp³-hybridized carbons (Fsp3) is 0.125. The largest absolute Gasteiger partial charge is 0.124 e. The second-order valence-electron chi connectivity index (χ2n) is 14.1. The normalized spacial score (nSPS) is 28.2. The second-order valence-corrected chi connectivity index (χ2v) is 14.1. The SMILES string of the molecule is C1=CC2c3ccc4c5ccc6c7ccc8c9c%10c%11c%12c%13c%14c(c3c4c3c%14c%12c(c7c8%11)c6c53)C2C2C=1C(C=C9)C%10C=%132. The van der Waals surface area contributed by atoms with Crippen molar-refractivity contribution in [2.75, 3.05) is 0 Å². The first-order valence-corrected chi connectivity index (χ1v) is 15.1. The lowest BCUT2D eigenvalue weighted by Gasteiger charge is -2.34. The molecule has 174 valence electrons. The van der Waals surface area contributed by atoms with Crippen LogP contribution in [-0.4, -0.2) is 0 Å². The van der Waals surface area contributed by atoms with Gasteiger partial charge in [0.05, 0.1) is 0 Å². The summed E-state index contributed by atoms with van der Waals surface area (Å²) in [6.07, 6.45) is 7.60. The minimum absolute atomic E-state index is 0.458. The summed E-state index contributed by atoms with van der Waals surface area (Å²) in [6.45, 7) is 0. The Bertz CT molecular complexity index is 3190. The van der Waals surface area contributed by atoms with Crippen LogP contribution in [0.15, 0.2) is 59.9 Å². The fourth-order valence-electron chi connectivity index (χ4n) is 12.8. The molecule has 5 unspecified atom stereocenters. The molecule has 1 fully saturated rings. The molecule has 40 heavy (non-hydrogen) atoms. The van der Waals surface area contributed by atoms with E-state index >= 15 is 0 Å². The van der Waals surface area contributed by atoms with Crippen molar-refractivity contribution in [3.05, 3.63) is 87.3 Å². The molecule has 0 aromatic heterocycles. The predicted octanol–water partition coefficient (Wildman–Crippen LogP) is 9.22. The minimum Gasteiger partial charge on any atom is -0.124 e. The highest BCUT2D eigenvalue weighted by Gasteiger charge is 2.58. The molecule has 16 rings (SSSR count). The Hall–Kier alpha value is -4.64. The van der Waals surface area contributed by atoms with E-state index in [0.717, 1.165) is 0 Å². The number of hydrogen-bond acceptors (Lipinski definition) is 0. The van der Waals surface area contributed by atoms with Crippen LogP contribution in [0.1, 0.15) is 40.0 Å². The van der Waals surface area contributed by atoms with E-state index in [1.807, 2.05) is 0 Å². The van der Waals surface area contributed by atoms with Gasteiger partial charge >= 0.3 is 0 Å². The van der Waals surface area contributed by atoms with Crippen LogP contribution in [0, 0.1) is 11.8 Å². The maximum absolute atomic E-state index is 4.01. The molecule has 0 spiro atoms. The van der Waals surface area contributed by atoms with Gasteiger partial charge in [0.1, 0.15) is 0 Å². The van der Waals surface area contributed by atoms with Crippen molar-refractivity contribution < 1.29 is 0 Å². The van der Waals surface area contributed by atoms with Gasteiger partial charge in [-0.15, -0.1) is 5.73 Å². The third-order valence-corrected chi connectivity index (χ3v) is 13.5. The third kappa shape index (κ3) is 1.07. The number of fused-ring (bicyclic) bond motifs is 5. The maximum Gasteiger partial charge on any atom is 0.0183 e. The molecule has 6 aliphatic rings. The van der Waals surface area contributed by atoms with Crippen LogP contribution < -0.4 is 5.22 Å². The Balaban J connectivity index is 1.49. The summed E-state index contributed by atoms with van der Waals surface area (Å²) in [4.78, 5) is 0. The first-order chi connectivity index (χ1) is 19.9. The molecule has 0 heterocycles. The van der Waals surface area contributed by atoms with Gasteiger partial charge in [0.25, 0.3) is 0 Å². The van der Waals surface area contributed by atoms with Crippen LogP contribution in [0.2, 0.25) is 0 Å². The Kier molecular flexibility index (Phi) is 1.73. The molecule has 0 bridgehead atoms. The quantitative estimate of drug-likeness (QED) is 0.146. The molecule has 0 nitrogen and oxygen atoms in total. The van der Waals surface area contributed by atoms with Gasteiger partial charge in [-0.25, -0.2) is 0 Å². The molecule has 5 atom stereocenters. The topological polar surface area (TPSA) is 0 Å². The van der Waals surface area contributed by atoms with Crippen molar-refractivity contribution in [1.29, 1.82) is 0 Å². The van der Waals surface area contributed by atoms with Crippen molar-refractivity contribution in [2.45, 2.75) is 17.8 Å². The summed E-state index contributed by atoms with van der Waals surface area (Å²) in [5.74, 6) is 2.48. The van der Waals surface area contributed by atoms with Gasteiger partial charge in [-0.05, 0) is 142 Å². The lowest BCUT2D eigenvalue weighted by Crippen LogP contribution is -2.28. The molecule has 0 saturated heterocycles. The van der Waals surface area contributed by atoms with Gasteiger partial charge in [-0.3, -0.25) is 0 Å². The summed E-state index contributed by atoms with van der Waals surface area (Å²) in [5.41, 5.74) is 13.9. The van der Waals surface area contributed by atoms with Crippen LogP contribution in [0.3, 0.4) is 0 Å². The van der Waals surface area contributed by atoms with E-state index < -0.39 is 0 Å². The molecule has 0 heteroatoms. The zero-order valence-corrected chi connectivity index (χ0v) is 21.1. The summed E-state index contributed by atoms with van der Waals surface area (Å²) in [7, 11) is 0. The molecule has 10 aromatic rings. The molecule has 6 aliphatic carbocycles. The highest BCUT2D eigenvalue weighted by Crippen LogP contribution is 2.72. The van der Waals surface area contributed by atoms with Crippen molar-refractivity contribution in [1.82, 2.24) is 0 Å². The molecule has 0 aliphatic heterocycles. The van der Waals surface area contributed by atoms with Crippen LogP contribution in [0.25, 0.3) is 109 Å². The first-order valence-electron chi connectivity index (χ1n) is 15.1. The van der Waals surface area contributed by atoms with Crippen molar-refractivity contribution in [3.8, 4) is 0 Å². The Labute approximate surface area is 225 Å². The van der Waals surface area contributed by atoms with E-state index in [2.05, 4.69) is 60.4 Å². The Morgan fingerprint density at radius 2 is 1.15 bits per heavy atom. The standard InChI is InChI=1S/C40H14/c1-2-12-14-5-6-16-18-9-10-20-19-8-7-17-15-4-3-13-11(1)21-22(12)32-24(14)26(16)34-29(18)30(20)35-28(19)27(17)33-25(15)23(13)31(21)36-37(32)39(34)40(35)38(33)36/h1-9,18-19,28-30H. The highest BCUT2D eigenvalue weighted by atomic mass is 14.6. The molecule has 0 amide bonds. The third-order valence-electron chi connectivity index (χ3n) is 13.5. The summed E-state index contributed by atoms with van der Waals surface area (Å²) in [6, 6.07) is 14.9. The van der Waals surface area contributed by atoms with Crippen molar-refractivity contribution in [2.24, 2.45) is 11.8 Å². The van der Waals surface area contributed by atoms with Crippen LogP contribution in [-0.2, 0) is 0 Å². The molecular formula is C40H14. The van der Waals surface area contributed by atoms with Gasteiger partial charge in [0, 0.05) is 29.6 Å². The van der Waals surface area contributed by atoms with E-state index in [9.17, 15) is 0 Å². The fourth-order valence-corrected chi connectivity index (χ4v) is 12.8. The summed E-state index contributed by atoms with van der Waals surface area (Å²) in [5, 5.41) is 30.0. The Morgan fingerprint density at radius 3 is 1.95 bits per heavy atom. The van der Waals surface area contributed by atoms with Gasteiger partial charge in [0.15, 0.2) is 0 Å². The smallest absolute Gasteiger partial charge is 0.0183 e. The van der Waals surface area contributed by atoms with Gasteiger partial charge in [-0.1, -0.05) is 48.6 Å². The van der Waals surface area contributed by atoms with Crippen molar-refractivity contribution >= 4 is 109 Å². The zero-order chi connectivity index (χ0) is 24.4. The van der Waals surface area contributed by atoms with Crippen LogP contribution in [0.4, 0.5) is 0 Å². The summed E-state index contributed by atoms with van der Waals surface area (Å²) < 4.78 is 0. The lowest BCUT2D eigenvalue weighted by molar-refractivity contribution is 0.540. The van der Waals surface area contributed by atoms with Gasteiger partial charge < -0.3 is 0 Å². The number of rotatable bonds is 0. The van der Waals surface area contributed by atoms with Gasteiger partial charge in [0.2, 0.25) is 0 Å². The second kappa shape index (κ2) is 4.21. The molecule has 10 aromatic carbocycles. The monoisotopic (exact) mass is 494 g/mol. The van der Waals surface area contributed by atoms with E-state index in [4.69, 9.17) is 0 Å². The number of hydrogen-bond donors (Lipinski definition) is 0. The Morgan fingerprint density at radius 1 is 0.500 bits per heavy atom. The zero-order valence-electron chi connectivity index (χ0n) is 21.1. The summed E-state index contributed by atoms with van der Waals surface area (Å²) >= 11 is 0. The van der Waals surface area contributed by atoms with E-state index in [1.54, 1.807) is 103 Å². The van der Waals surface area contributed by atoms with Gasteiger partial charge in [-0.2, -0.15) is 0 Å². The van der Waals surface area contributed by atoms with Crippen LogP contribution in [0.5, 0.6) is 0 Å². The van der Waals surface area contributed by atoms with E-state index in [-0.39, 0.29) is 0 Å². The molecule has 0 radical (unpaired) electrons. The number of allylic oxidation sites excluding steroid dienone is 2. The molecular weight excluding hydrogens is 480 g/mol. The first kappa shape index (κ1) is 16.5. The van der Waals surface area contributed by atoms with Crippen LogP contribution >= 0.6 is 0 Å². The van der Waals surface area contributed by atoms with Crippen molar-refractivity contribution in [3.63, 3.8) is 0 Å². The predicted molar refractivity (Wildman–Crippen MR) is 166 cm³/mol.